The Morgan fingerprint density at radius 1 is 1.08 bits per heavy atom. The van der Waals surface area contributed by atoms with Gasteiger partial charge in [0, 0.05) is 12.6 Å². The van der Waals surface area contributed by atoms with E-state index in [-0.39, 0.29) is 17.7 Å². The van der Waals surface area contributed by atoms with Crippen molar-refractivity contribution in [1.82, 2.24) is 4.72 Å². The lowest BCUT2D eigenvalue weighted by molar-refractivity contribution is 0.188. The maximum Gasteiger partial charge on any atom is 0.212 e. The summed E-state index contributed by atoms with van der Waals surface area (Å²) in [4.78, 5) is 0. The van der Waals surface area contributed by atoms with Gasteiger partial charge in [-0.3, -0.25) is 0 Å². The highest BCUT2D eigenvalue weighted by atomic mass is 32.2. The molecular weight excluding hydrogens is 322 g/mol. The molecule has 1 aliphatic rings. The molecule has 0 amide bonds. The predicted molar refractivity (Wildman–Crippen MR) is 96.1 cm³/mol. The molecule has 24 heavy (non-hydrogen) atoms. The molecule has 0 radical (unpaired) electrons. The van der Waals surface area contributed by atoms with Crippen LogP contribution in [-0.4, -0.2) is 27.4 Å². The summed E-state index contributed by atoms with van der Waals surface area (Å²) in [5.41, 5.74) is 3.23. The highest BCUT2D eigenvalue weighted by molar-refractivity contribution is 7.89. The molecule has 1 saturated heterocycles. The molecule has 0 spiro atoms. The molecular formula is C19H23NO3S. The van der Waals surface area contributed by atoms with Gasteiger partial charge < -0.3 is 4.74 Å². The van der Waals surface area contributed by atoms with E-state index in [1.165, 1.54) is 0 Å². The van der Waals surface area contributed by atoms with E-state index in [2.05, 4.69) is 16.9 Å². The smallest absolute Gasteiger partial charge is 0.212 e. The van der Waals surface area contributed by atoms with Gasteiger partial charge in [-0.15, -0.1) is 0 Å². The second-order valence-electron chi connectivity index (χ2n) is 6.34. The maximum atomic E-state index is 12.3. The first kappa shape index (κ1) is 17.1. The molecule has 0 bridgehead atoms. The zero-order valence-corrected chi connectivity index (χ0v) is 14.6. The molecule has 2 atom stereocenters. The summed E-state index contributed by atoms with van der Waals surface area (Å²) in [7, 11) is -3.30. The first-order valence-electron chi connectivity index (χ1n) is 8.26. The summed E-state index contributed by atoms with van der Waals surface area (Å²) in [5, 5.41) is 0. The normalized spacial score (nSPS) is 19.3. The molecule has 2 aromatic carbocycles. The Kier molecular flexibility index (Phi) is 5.33. The molecule has 0 aliphatic carbocycles. The number of rotatable bonds is 6. The average Bonchev–Trinajstić information content (AvgIpc) is 3.07. The van der Waals surface area contributed by atoms with Crippen LogP contribution < -0.4 is 4.72 Å². The van der Waals surface area contributed by atoms with Crippen molar-refractivity contribution in [1.29, 1.82) is 0 Å². The van der Waals surface area contributed by atoms with Crippen molar-refractivity contribution in [2.75, 3.05) is 19.0 Å². The quantitative estimate of drug-likeness (QED) is 0.873. The van der Waals surface area contributed by atoms with Gasteiger partial charge in [-0.1, -0.05) is 54.6 Å². The second-order valence-corrected chi connectivity index (χ2v) is 8.14. The molecule has 1 N–H and O–H groups in total. The maximum absolute atomic E-state index is 12.3. The van der Waals surface area contributed by atoms with E-state index in [0.717, 1.165) is 23.1 Å². The largest absolute Gasteiger partial charge is 0.381 e. The van der Waals surface area contributed by atoms with Gasteiger partial charge in [-0.25, -0.2) is 13.1 Å². The molecule has 1 heterocycles. The Balaban J connectivity index is 1.65. The standard InChI is InChI=1S/C19H23NO3S/c1-15(20-24(21,22)14-16-11-12-23-13-16)17-7-9-19(10-8-17)18-5-3-2-4-6-18/h2-10,15-16,20H,11-14H2,1H3/t15-,16+/m1/s1. The summed E-state index contributed by atoms with van der Waals surface area (Å²) in [6.07, 6.45) is 0.820. The Labute approximate surface area is 143 Å². The van der Waals surface area contributed by atoms with Crippen LogP contribution in [0.4, 0.5) is 0 Å². The Morgan fingerprint density at radius 3 is 2.38 bits per heavy atom. The van der Waals surface area contributed by atoms with Gasteiger partial charge in [-0.2, -0.15) is 0 Å². The minimum atomic E-state index is -3.30. The van der Waals surface area contributed by atoms with E-state index in [1.54, 1.807) is 0 Å². The van der Waals surface area contributed by atoms with Crippen LogP contribution in [0.2, 0.25) is 0 Å². The molecule has 128 valence electrons. The molecule has 0 unspecified atom stereocenters. The first-order valence-corrected chi connectivity index (χ1v) is 9.92. The summed E-state index contributed by atoms with van der Waals surface area (Å²) < 4.78 is 32.6. The first-order chi connectivity index (χ1) is 11.5. The van der Waals surface area contributed by atoms with Crippen molar-refractivity contribution < 1.29 is 13.2 Å². The zero-order valence-electron chi connectivity index (χ0n) is 13.8. The van der Waals surface area contributed by atoms with E-state index in [1.807, 2.05) is 49.4 Å². The number of hydrogen-bond acceptors (Lipinski definition) is 3. The Morgan fingerprint density at radius 2 is 1.75 bits per heavy atom. The molecule has 0 saturated carbocycles. The van der Waals surface area contributed by atoms with Gasteiger partial charge >= 0.3 is 0 Å². The van der Waals surface area contributed by atoms with Gasteiger partial charge in [0.2, 0.25) is 10.0 Å². The average molecular weight is 345 g/mol. The minimum Gasteiger partial charge on any atom is -0.381 e. The fraction of sp³-hybridized carbons (Fsp3) is 0.368. The fourth-order valence-electron chi connectivity index (χ4n) is 3.01. The van der Waals surface area contributed by atoms with Crippen LogP contribution in [0.3, 0.4) is 0 Å². The van der Waals surface area contributed by atoms with E-state index in [4.69, 9.17) is 4.74 Å². The van der Waals surface area contributed by atoms with Crippen LogP contribution in [0.15, 0.2) is 54.6 Å². The summed E-state index contributed by atoms with van der Waals surface area (Å²) >= 11 is 0. The highest BCUT2D eigenvalue weighted by Gasteiger charge is 2.24. The SMILES string of the molecule is C[C@@H](NS(=O)(=O)C[C@H]1CCOC1)c1ccc(-c2ccccc2)cc1. The van der Waals surface area contributed by atoms with Crippen LogP contribution in [0.25, 0.3) is 11.1 Å². The van der Waals surface area contributed by atoms with Gasteiger partial charge in [0.25, 0.3) is 0 Å². The second kappa shape index (κ2) is 7.47. The third kappa shape index (κ3) is 4.44. The lowest BCUT2D eigenvalue weighted by atomic mass is 10.0. The summed E-state index contributed by atoms with van der Waals surface area (Å²) in [6.45, 7) is 3.08. The molecule has 3 rings (SSSR count). The van der Waals surface area contributed by atoms with Crippen LogP contribution in [0.1, 0.15) is 24.9 Å². The third-order valence-electron chi connectivity index (χ3n) is 4.35. The molecule has 0 aromatic heterocycles. The van der Waals surface area contributed by atoms with Crippen molar-refractivity contribution in [2.45, 2.75) is 19.4 Å². The van der Waals surface area contributed by atoms with E-state index < -0.39 is 10.0 Å². The number of ether oxygens (including phenoxy) is 1. The minimum absolute atomic E-state index is 0.107. The van der Waals surface area contributed by atoms with Crippen LogP contribution in [-0.2, 0) is 14.8 Å². The molecule has 5 heteroatoms. The Hall–Kier alpha value is -1.69. The van der Waals surface area contributed by atoms with Crippen LogP contribution in [0, 0.1) is 5.92 Å². The van der Waals surface area contributed by atoms with E-state index in [0.29, 0.717) is 13.2 Å². The van der Waals surface area contributed by atoms with Crippen molar-refractivity contribution in [3.05, 3.63) is 60.2 Å². The molecule has 4 nitrogen and oxygen atoms in total. The summed E-state index contributed by atoms with van der Waals surface area (Å²) in [6, 6.07) is 17.9. The Bertz CT molecular complexity index is 751. The van der Waals surface area contributed by atoms with Crippen LogP contribution >= 0.6 is 0 Å². The van der Waals surface area contributed by atoms with Crippen molar-refractivity contribution in [3.8, 4) is 11.1 Å². The van der Waals surface area contributed by atoms with E-state index in [9.17, 15) is 8.42 Å². The monoisotopic (exact) mass is 345 g/mol. The number of nitrogens with one attached hydrogen (secondary N) is 1. The highest BCUT2D eigenvalue weighted by Crippen LogP contribution is 2.22. The third-order valence-corrected chi connectivity index (χ3v) is 5.98. The van der Waals surface area contributed by atoms with Crippen molar-refractivity contribution in [2.24, 2.45) is 5.92 Å². The topological polar surface area (TPSA) is 55.4 Å². The molecule has 1 fully saturated rings. The lowest BCUT2D eigenvalue weighted by Crippen LogP contribution is -2.32. The van der Waals surface area contributed by atoms with Gasteiger partial charge in [0.15, 0.2) is 0 Å². The predicted octanol–water partition coefficient (Wildman–Crippen LogP) is 3.37. The zero-order chi connectivity index (χ0) is 17.0. The van der Waals surface area contributed by atoms with Gasteiger partial charge in [-0.05, 0) is 36.0 Å². The van der Waals surface area contributed by atoms with Crippen molar-refractivity contribution in [3.63, 3.8) is 0 Å². The molecule has 2 aromatic rings. The number of sulfonamides is 1. The summed E-state index contributed by atoms with van der Waals surface area (Å²) in [5.74, 6) is 0.245. The van der Waals surface area contributed by atoms with Crippen LogP contribution in [0.5, 0.6) is 0 Å². The molecule has 1 aliphatic heterocycles. The fourth-order valence-corrected chi connectivity index (χ4v) is 4.66. The van der Waals surface area contributed by atoms with E-state index >= 15 is 0 Å². The number of benzene rings is 2. The van der Waals surface area contributed by atoms with Crippen molar-refractivity contribution >= 4 is 10.0 Å². The van der Waals surface area contributed by atoms with Gasteiger partial charge in [0.05, 0.1) is 12.4 Å². The number of hydrogen-bond donors (Lipinski definition) is 1. The van der Waals surface area contributed by atoms with Gasteiger partial charge in [0.1, 0.15) is 0 Å². The lowest BCUT2D eigenvalue weighted by Gasteiger charge is -2.17.